The van der Waals surface area contributed by atoms with Gasteiger partial charge in [0, 0.05) is 16.9 Å². The molecule has 0 aliphatic carbocycles. The average Bonchev–Trinajstić information content (AvgIpc) is 2.96. The summed E-state index contributed by atoms with van der Waals surface area (Å²) in [7, 11) is 0. The van der Waals surface area contributed by atoms with Crippen LogP contribution in [0.25, 0.3) is 11.3 Å². The fourth-order valence-corrected chi connectivity index (χ4v) is 2.28. The highest BCUT2D eigenvalue weighted by Gasteiger charge is 2.17. The summed E-state index contributed by atoms with van der Waals surface area (Å²) in [6.07, 6.45) is 0.810. The third-order valence-corrected chi connectivity index (χ3v) is 3.45. The second-order valence-electron chi connectivity index (χ2n) is 4.44. The first-order valence-electron chi connectivity index (χ1n) is 6.04. The second-order valence-corrected chi connectivity index (χ2v) is 5.22. The van der Waals surface area contributed by atoms with Gasteiger partial charge in [0.25, 0.3) is 0 Å². The molecule has 1 amide bonds. The van der Waals surface area contributed by atoms with Crippen LogP contribution in [0, 0.1) is 5.92 Å². The minimum atomic E-state index is -0.0417. The zero-order valence-electron chi connectivity index (χ0n) is 10.8. The van der Waals surface area contributed by atoms with E-state index in [0.717, 1.165) is 29.1 Å². The minimum absolute atomic E-state index is 0.0163. The van der Waals surface area contributed by atoms with E-state index in [1.165, 1.54) is 0 Å². The quantitative estimate of drug-likeness (QED) is 0.889. The molecule has 0 unspecified atom stereocenters. The first-order valence-corrected chi connectivity index (χ1v) is 6.98. The molecular formula is C13H17N3OS. The van der Waals surface area contributed by atoms with Gasteiger partial charge in [-0.05, 0) is 17.9 Å². The summed E-state index contributed by atoms with van der Waals surface area (Å²) in [6.45, 7) is 5.80. The number of aromatic nitrogens is 2. The van der Waals surface area contributed by atoms with E-state index in [1.54, 1.807) is 11.3 Å². The van der Waals surface area contributed by atoms with Gasteiger partial charge >= 0.3 is 0 Å². The van der Waals surface area contributed by atoms with Crippen LogP contribution in [0.4, 0.5) is 5.69 Å². The number of amides is 1. The first kappa shape index (κ1) is 12.8. The van der Waals surface area contributed by atoms with Crippen LogP contribution in [-0.2, 0) is 11.2 Å². The molecule has 2 N–H and O–H groups in total. The van der Waals surface area contributed by atoms with E-state index in [2.05, 4.69) is 15.5 Å². The molecule has 0 aliphatic heterocycles. The van der Waals surface area contributed by atoms with Crippen molar-refractivity contribution < 1.29 is 4.79 Å². The van der Waals surface area contributed by atoms with Gasteiger partial charge in [-0.15, -0.1) is 0 Å². The molecule has 0 saturated heterocycles. The fraction of sp³-hybridized carbons (Fsp3) is 0.385. The van der Waals surface area contributed by atoms with Crippen LogP contribution in [-0.4, -0.2) is 16.1 Å². The van der Waals surface area contributed by atoms with Crippen molar-refractivity contribution >= 4 is 22.9 Å². The summed E-state index contributed by atoms with van der Waals surface area (Å²) in [4.78, 5) is 11.8. The molecule has 0 atom stereocenters. The maximum atomic E-state index is 11.8. The van der Waals surface area contributed by atoms with Crippen LogP contribution in [0.5, 0.6) is 0 Å². The number of nitrogens with one attached hydrogen (secondary N) is 2. The Hall–Kier alpha value is -1.62. The Morgan fingerprint density at radius 1 is 1.56 bits per heavy atom. The molecule has 96 valence electrons. The average molecular weight is 263 g/mol. The molecule has 4 nitrogen and oxygen atoms in total. The van der Waals surface area contributed by atoms with E-state index < -0.39 is 0 Å². The summed E-state index contributed by atoms with van der Waals surface area (Å²) in [5.41, 5.74) is 3.64. The highest BCUT2D eigenvalue weighted by molar-refractivity contribution is 7.08. The summed E-state index contributed by atoms with van der Waals surface area (Å²) in [6, 6.07) is 2.01. The monoisotopic (exact) mass is 263 g/mol. The van der Waals surface area contributed by atoms with Crippen molar-refractivity contribution in [2.45, 2.75) is 27.2 Å². The van der Waals surface area contributed by atoms with Gasteiger partial charge in [-0.25, -0.2) is 0 Å². The highest BCUT2D eigenvalue weighted by atomic mass is 32.1. The van der Waals surface area contributed by atoms with E-state index in [-0.39, 0.29) is 11.8 Å². The smallest absolute Gasteiger partial charge is 0.227 e. The van der Waals surface area contributed by atoms with Crippen LogP contribution in [0.3, 0.4) is 0 Å². The number of aromatic amines is 1. The van der Waals surface area contributed by atoms with Gasteiger partial charge in [-0.1, -0.05) is 20.8 Å². The largest absolute Gasteiger partial charge is 0.322 e. The molecule has 0 bridgehead atoms. The summed E-state index contributed by atoms with van der Waals surface area (Å²) < 4.78 is 0. The Labute approximate surface area is 110 Å². The number of H-pyrrole nitrogens is 1. The Morgan fingerprint density at radius 3 is 2.89 bits per heavy atom. The number of thiophene rings is 1. The lowest BCUT2D eigenvalue weighted by molar-refractivity contribution is -0.118. The van der Waals surface area contributed by atoms with Gasteiger partial charge in [0.05, 0.1) is 11.4 Å². The van der Waals surface area contributed by atoms with Crippen LogP contribution in [0.15, 0.2) is 16.8 Å². The Balaban J connectivity index is 2.37. The predicted octanol–water partition coefficient (Wildman–Crippen LogP) is 3.30. The molecule has 2 aromatic heterocycles. The molecule has 2 heterocycles. The van der Waals surface area contributed by atoms with Gasteiger partial charge < -0.3 is 5.32 Å². The van der Waals surface area contributed by atoms with E-state index in [9.17, 15) is 4.79 Å². The van der Waals surface area contributed by atoms with Crippen molar-refractivity contribution in [1.82, 2.24) is 10.2 Å². The zero-order chi connectivity index (χ0) is 13.1. The Morgan fingerprint density at radius 2 is 2.33 bits per heavy atom. The lowest BCUT2D eigenvalue weighted by atomic mass is 10.1. The molecular weight excluding hydrogens is 246 g/mol. The Bertz CT molecular complexity index is 528. The number of rotatable bonds is 4. The lowest BCUT2D eigenvalue weighted by Gasteiger charge is -2.09. The van der Waals surface area contributed by atoms with E-state index in [0.29, 0.717) is 0 Å². The predicted molar refractivity (Wildman–Crippen MR) is 74.7 cm³/mol. The van der Waals surface area contributed by atoms with E-state index >= 15 is 0 Å². The van der Waals surface area contributed by atoms with Crippen molar-refractivity contribution in [1.29, 1.82) is 0 Å². The highest BCUT2D eigenvalue weighted by Crippen LogP contribution is 2.30. The van der Waals surface area contributed by atoms with Crippen molar-refractivity contribution in [2.24, 2.45) is 5.92 Å². The summed E-state index contributed by atoms with van der Waals surface area (Å²) in [5.74, 6) is -0.0255. The molecule has 2 rings (SSSR count). The maximum absolute atomic E-state index is 11.8. The number of aryl methyl sites for hydroxylation is 1. The van der Waals surface area contributed by atoms with Crippen molar-refractivity contribution in [2.75, 3.05) is 5.32 Å². The van der Waals surface area contributed by atoms with Gasteiger partial charge in [0.15, 0.2) is 0 Å². The molecule has 0 aromatic carbocycles. The molecule has 18 heavy (non-hydrogen) atoms. The van der Waals surface area contributed by atoms with Crippen molar-refractivity contribution in [3.8, 4) is 11.3 Å². The lowest BCUT2D eigenvalue weighted by Crippen LogP contribution is -2.18. The van der Waals surface area contributed by atoms with Crippen LogP contribution in [0.2, 0.25) is 0 Å². The molecule has 0 fully saturated rings. The molecule has 0 radical (unpaired) electrons. The number of carbonyl (C=O) groups excluding carboxylic acids is 1. The molecule has 0 spiro atoms. The number of carbonyl (C=O) groups is 1. The Kier molecular flexibility index (Phi) is 3.81. The third kappa shape index (κ3) is 2.46. The minimum Gasteiger partial charge on any atom is -0.322 e. The number of hydrogen-bond acceptors (Lipinski definition) is 3. The third-order valence-electron chi connectivity index (χ3n) is 2.76. The van der Waals surface area contributed by atoms with Gasteiger partial charge in [-0.3, -0.25) is 9.89 Å². The van der Waals surface area contributed by atoms with Gasteiger partial charge in [0.1, 0.15) is 5.69 Å². The summed E-state index contributed by atoms with van der Waals surface area (Å²) >= 11 is 1.62. The van der Waals surface area contributed by atoms with Crippen molar-refractivity contribution in [3.63, 3.8) is 0 Å². The van der Waals surface area contributed by atoms with E-state index in [4.69, 9.17) is 0 Å². The fourth-order valence-electron chi connectivity index (χ4n) is 1.64. The van der Waals surface area contributed by atoms with Crippen molar-refractivity contribution in [3.05, 3.63) is 22.5 Å². The standard InChI is InChI=1S/C13H17N3OS/c1-4-10-12(14-13(17)8(2)3)11(16-15-10)9-5-6-18-7-9/h5-8H,4H2,1-3H3,(H,14,17)(H,15,16). The maximum Gasteiger partial charge on any atom is 0.227 e. The van der Waals surface area contributed by atoms with Crippen LogP contribution >= 0.6 is 11.3 Å². The topological polar surface area (TPSA) is 57.8 Å². The molecule has 0 saturated carbocycles. The number of anilines is 1. The molecule has 5 heteroatoms. The summed E-state index contributed by atoms with van der Waals surface area (Å²) in [5, 5.41) is 14.3. The van der Waals surface area contributed by atoms with Crippen LogP contribution < -0.4 is 5.32 Å². The molecule has 2 aromatic rings. The van der Waals surface area contributed by atoms with Crippen LogP contribution in [0.1, 0.15) is 26.5 Å². The number of hydrogen-bond donors (Lipinski definition) is 2. The normalized spacial score (nSPS) is 10.9. The first-order chi connectivity index (χ1) is 8.63. The van der Waals surface area contributed by atoms with E-state index in [1.807, 2.05) is 37.6 Å². The SMILES string of the molecule is CCc1[nH]nc(-c2ccsc2)c1NC(=O)C(C)C. The molecule has 0 aliphatic rings. The second kappa shape index (κ2) is 5.35. The number of nitrogens with zero attached hydrogens (tertiary/aromatic N) is 1. The van der Waals surface area contributed by atoms with Gasteiger partial charge in [0.2, 0.25) is 5.91 Å². The zero-order valence-corrected chi connectivity index (χ0v) is 11.6. The van der Waals surface area contributed by atoms with Gasteiger partial charge in [-0.2, -0.15) is 16.4 Å².